The molecule has 2 nitrogen and oxygen atoms in total. The van der Waals surface area contributed by atoms with E-state index in [-0.39, 0.29) is 18.4 Å². The zero-order valence-corrected chi connectivity index (χ0v) is 10.5. The molecule has 0 spiro atoms. The number of aliphatic hydroxyl groups is 1. The molecule has 6 heteroatoms. The van der Waals surface area contributed by atoms with Crippen molar-refractivity contribution in [2.75, 3.05) is 0 Å². The minimum Gasteiger partial charge on any atom is -0.382 e. The first kappa shape index (κ1) is 15.6. The molecule has 0 unspecified atom stereocenters. The molecule has 0 heterocycles. The summed E-state index contributed by atoms with van der Waals surface area (Å²) in [5, 5.41) is 9.99. The van der Waals surface area contributed by atoms with Crippen molar-refractivity contribution >= 4 is 5.78 Å². The van der Waals surface area contributed by atoms with Crippen LogP contribution in [0.2, 0.25) is 0 Å². The molecule has 0 aliphatic heterocycles. The Hall–Kier alpha value is -1.43. The van der Waals surface area contributed by atoms with E-state index >= 15 is 0 Å². The summed E-state index contributed by atoms with van der Waals surface area (Å²) in [7, 11) is 0. The van der Waals surface area contributed by atoms with E-state index in [0.29, 0.717) is 12.1 Å². The molecular formula is C13H14F4O2. The van der Waals surface area contributed by atoms with E-state index in [1.165, 1.54) is 0 Å². The molecule has 0 radical (unpaired) electrons. The van der Waals surface area contributed by atoms with E-state index in [1.807, 2.05) is 0 Å². The largest absolute Gasteiger partial charge is 0.419 e. The summed E-state index contributed by atoms with van der Waals surface area (Å²) in [5.41, 5.74) is -3.58. The molecule has 0 amide bonds. The van der Waals surface area contributed by atoms with Crippen LogP contribution in [0.15, 0.2) is 18.2 Å². The second-order valence-corrected chi connectivity index (χ2v) is 4.26. The van der Waals surface area contributed by atoms with Crippen molar-refractivity contribution in [2.45, 2.75) is 38.5 Å². The molecule has 1 N–H and O–H groups in total. The fraction of sp³-hybridized carbons (Fsp3) is 0.462. The van der Waals surface area contributed by atoms with Gasteiger partial charge in [0.05, 0.1) is 5.56 Å². The fourth-order valence-electron chi connectivity index (χ4n) is 1.72. The minimum absolute atomic E-state index is 0.0705. The zero-order valence-electron chi connectivity index (χ0n) is 10.5. The Labute approximate surface area is 108 Å². The van der Waals surface area contributed by atoms with E-state index in [9.17, 15) is 27.5 Å². The Morgan fingerprint density at radius 1 is 1.21 bits per heavy atom. The molecule has 0 saturated carbocycles. The summed E-state index contributed by atoms with van der Waals surface area (Å²) in [6.45, 7) is 3.10. The molecule has 106 valence electrons. The highest BCUT2D eigenvalue weighted by atomic mass is 19.4. The smallest absolute Gasteiger partial charge is 0.382 e. The second-order valence-electron chi connectivity index (χ2n) is 4.26. The SMILES string of the molecule is CCC(O)(CC)C(=O)c1ccc(F)c(C(F)(F)F)c1. The van der Waals surface area contributed by atoms with Gasteiger partial charge in [0, 0.05) is 5.56 Å². The predicted molar refractivity (Wildman–Crippen MR) is 61.3 cm³/mol. The molecule has 0 atom stereocenters. The lowest BCUT2D eigenvalue weighted by molar-refractivity contribution is -0.140. The molecule has 1 aromatic rings. The highest BCUT2D eigenvalue weighted by Crippen LogP contribution is 2.33. The highest BCUT2D eigenvalue weighted by molar-refractivity contribution is 6.02. The topological polar surface area (TPSA) is 37.3 Å². The number of carbonyl (C=O) groups is 1. The molecule has 0 fully saturated rings. The van der Waals surface area contributed by atoms with Crippen molar-refractivity contribution in [1.82, 2.24) is 0 Å². The predicted octanol–water partition coefficient (Wildman–Crippen LogP) is 3.58. The van der Waals surface area contributed by atoms with Crippen LogP contribution in [-0.2, 0) is 6.18 Å². The standard InChI is InChI=1S/C13H14F4O2/c1-3-12(19,4-2)11(18)8-5-6-10(14)9(7-8)13(15,16)17/h5-7,19H,3-4H2,1-2H3. The number of rotatable bonds is 4. The molecule has 0 aliphatic carbocycles. The zero-order chi connectivity index (χ0) is 14.8. The third-order valence-corrected chi connectivity index (χ3v) is 3.13. The fourth-order valence-corrected chi connectivity index (χ4v) is 1.72. The first-order chi connectivity index (χ1) is 8.65. The van der Waals surface area contributed by atoms with E-state index < -0.39 is 28.9 Å². The van der Waals surface area contributed by atoms with Crippen LogP contribution in [0.1, 0.15) is 42.6 Å². The van der Waals surface area contributed by atoms with Crippen molar-refractivity contribution in [3.63, 3.8) is 0 Å². The van der Waals surface area contributed by atoms with Crippen LogP contribution < -0.4 is 0 Å². The summed E-state index contributed by atoms with van der Waals surface area (Å²) in [5.74, 6) is -2.27. The molecule has 0 aliphatic rings. The third kappa shape index (κ3) is 3.12. The van der Waals surface area contributed by atoms with Crippen molar-refractivity contribution < 1.29 is 27.5 Å². The van der Waals surface area contributed by atoms with Crippen LogP contribution >= 0.6 is 0 Å². The average molecular weight is 278 g/mol. The van der Waals surface area contributed by atoms with Gasteiger partial charge < -0.3 is 5.11 Å². The molecule has 19 heavy (non-hydrogen) atoms. The summed E-state index contributed by atoms with van der Waals surface area (Å²) < 4.78 is 50.7. The van der Waals surface area contributed by atoms with E-state index in [4.69, 9.17) is 0 Å². The maximum Gasteiger partial charge on any atom is 0.419 e. The maximum absolute atomic E-state index is 13.1. The third-order valence-electron chi connectivity index (χ3n) is 3.13. The molecule has 0 bridgehead atoms. The number of Topliss-reactive ketones (excluding diaryl/α,β-unsaturated/α-hetero) is 1. The number of benzene rings is 1. The van der Waals surface area contributed by atoms with Gasteiger partial charge in [0.15, 0.2) is 5.78 Å². The Morgan fingerprint density at radius 2 is 1.74 bits per heavy atom. The second kappa shape index (κ2) is 5.28. The van der Waals surface area contributed by atoms with Crippen LogP contribution in [0.3, 0.4) is 0 Å². The number of carbonyl (C=O) groups excluding carboxylic acids is 1. The van der Waals surface area contributed by atoms with Crippen LogP contribution in [0, 0.1) is 5.82 Å². The lowest BCUT2D eigenvalue weighted by atomic mass is 9.87. The van der Waals surface area contributed by atoms with Crippen molar-refractivity contribution in [3.05, 3.63) is 35.1 Å². The van der Waals surface area contributed by atoms with Gasteiger partial charge >= 0.3 is 6.18 Å². The number of halogens is 4. The minimum atomic E-state index is -4.88. The first-order valence-corrected chi connectivity index (χ1v) is 5.79. The number of ketones is 1. The van der Waals surface area contributed by atoms with Gasteiger partial charge in [-0.1, -0.05) is 13.8 Å². The first-order valence-electron chi connectivity index (χ1n) is 5.79. The van der Waals surface area contributed by atoms with Crippen molar-refractivity contribution in [1.29, 1.82) is 0 Å². The number of hydrogen-bond donors (Lipinski definition) is 1. The molecule has 1 aromatic carbocycles. The number of hydrogen-bond acceptors (Lipinski definition) is 2. The summed E-state index contributed by atoms with van der Waals surface area (Å²) >= 11 is 0. The van der Waals surface area contributed by atoms with Gasteiger partial charge in [-0.3, -0.25) is 4.79 Å². The van der Waals surface area contributed by atoms with Crippen LogP contribution in [0.4, 0.5) is 17.6 Å². The van der Waals surface area contributed by atoms with Crippen LogP contribution in [0.5, 0.6) is 0 Å². The van der Waals surface area contributed by atoms with Gasteiger partial charge in [-0.25, -0.2) is 4.39 Å². The maximum atomic E-state index is 13.1. The quantitative estimate of drug-likeness (QED) is 0.675. The lowest BCUT2D eigenvalue weighted by Crippen LogP contribution is -2.37. The normalized spacial score (nSPS) is 12.6. The average Bonchev–Trinajstić information content (AvgIpc) is 2.36. The number of alkyl halides is 3. The highest BCUT2D eigenvalue weighted by Gasteiger charge is 2.37. The van der Waals surface area contributed by atoms with Crippen LogP contribution in [-0.4, -0.2) is 16.5 Å². The lowest BCUT2D eigenvalue weighted by Gasteiger charge is -2.23. The van der Waals surface area contributed by atoms with Crippen molar-refractivity contribution in [3.8, 4) is 0 Å². The van der Waals surface area contributed by atoms with Gasteiger partial charge in [0.25, 0.3) is 0 Å². The van der Waals surface area contributed by atoms with Gasteiger partial charge in [-0.05, 0) is 31.0 Å². The van der Waals surface area contributed by atoms with Gasteiger partial charge in [0.1, 0.15) is 11.4 Å². The Bertz CT molecular complexity index is 476. The Kier molecular flexibility index (Phi) is 4.35. The summed E-state index contributed by atoms with van der Waals surface area (Å²) in [4.78, 5) is 12.0. The molecule has 1 rings (SSSR count). The molecule has 0 saturated heterocycles. The summed E-state index contributed by atoms with van der Waals surface area (Å²) in [6.07, 6.45) is -4.74. The van der Waals surface area contributed by atoms with Gasteiger partial charge in [-0.15, -0.1) is 0 Å². The van der Waals surface area contributed by atoms with Crippen molar-refractivity contribution in [2.24, 2.45) is 0 Å². The van der Waals surface area contributed by atoms with Crippen LogP contribution in [0.25, 0.3) is 0 Å². The Balaban J connectivity index is 3.27. The van der Waals surface area contributed by atoms with Gasteiger partial charge in [0.2, 0.25) is 0 Å². The van der Waals surface area contributed by atoms with E-state index in [1.54, 1.807) is 13.8 Å². The van der Waals surface area contributed by atoms with Gasteiger partial charge in [-0.2, -0.15) is 13.2 Å². The monoisotopic (exact) mass is 278 g/mol. The Morgan fingerprint density at radius 3 is 2.16 bits per heavy atom. The summed E-state index contributed by atoms with van der Waals surface area (Å²) in [6, 6.07) is 1.97. The van der Waals surface area contributed by atoms with E-state index in [0.717, 1.165) is 6.07 Å². The molecule has 0 aromatic heterocycles. The molecular weight excluding hydrogens is 264 g/mol. The van der Waals surface area contributed by atoms with E-state index in [2.05, 4.69) is 0 Å².